The van der Waals surface area contributed by atoms with Gasteiger partial charge in [0.05, 0.1) is 5.56 Å². The van der Waals surface area contributed by atoms with Crippen LogP contribution in [0.4, 0.5) is 0 Å². The smallest absolute Gasteiger partial charge is 0.257 e. The third-order valence-electron chi connectivity index (χ3n) is 4.82. The first-order valence-corrected chi connectivity index (χ1v) is 7.63. The maximum absolute atomic E-state index is 12.6. The van der Waals surface area contributed by atoms with Crippen molar-refractivity contribution in [2.24, 2.45) is 11.3 Å². The highest BCUT2D eigenvalue weighted by Crippen LogP contribution is 2.37. The Balaban J connectivity index is 1.75. The Hall–Kier alpha value is -1.53. The fourth-order valence-electron chi connectivity index (χ4n) is 3.74. The molecular formula is C15H23N5O. The summed E-state index contributed by atoms with van der Waals surface area (Å²) in [4.78, 5) is 22.4. The second-order valence-electron chi connectivity index (χ2n) is 6.59. The van der Waals surface area contributed by atoms with Gasteiger partial charge in [-0.05, 0) is 18.8 Å². The number of rotatable bonds is 2. The Labute approximate surface area is 125 Å². The molecule has 2 aliphatic heterocycles. The molecule has 0 saturated carbocycles. The van der Waals surface area contributed by atoms with E-state index in [0.717, 1.165) is 32.5 Å². The Bertz CT molecular complexity index is 508. The van der Waals surface area contributed by atoms with Crippen LogP contribution in [0.1, 0.15) is 37.0 Å². The SMILES string of the molecule is CC1CNNC1C1(C)CCCN(C(=O)c2cncnc2)C1. The summed E-state index contributed by atoms with van der Waals surface area (Å²) < 4.78 is 0. The minimum absolute atomic E-state index is 0.0418. The van der Waals surface area contributed by atoms with E-state index in [4.69, 9.17) is 0 Å². The van der Waals surface area contributed by atoms with Crippen molar-refractivity contribution in [1.29, 1.82) is 0 Å². The van der Waals surface area contributed by atoms with Crippen LogP contribution >= 0.6 is 0 Å². The molecule has 0 spiro atoms. The molecule has 0 aromatic carbocycles. The van der Waals surface area contributed by atoms with Crippen molar-refractivity contribution < 1.29 is 4.79 Å². The minimum atomic E-state index is 0.0418. The summed E-state index contributed by atoms with van der Waals surface area (Å²) >= 11 is 0. The Morgan fingerprint density at radius 2 is 2.19 bits per heavy atom. The number of nitrogens with one attached hydrogen (secondary N) is 2. The van der Waals surface area contributed by atoms with E-state index < -0.39 is 0 Å². The second-order valence-corrected chi connectivity index (χ2v) is 6.59. The molecule has 1 amide bonds. The van der Waals surface area contributed by atoms with Crippen LogP contribution in [0, 0.1) is 11.3 Å². The van der Waals surface area contributed by atoms with Crippen molar-refractivity contribution in [3.05, 3.63) is 24.3 Å². The van der Waals surface area contributed by atoms with E-state index in [9.17, 15) is 4.79 Å². The van der Waals surface area contributed by atoms with Crippen molar-refractivity contribution in [3.63, 3.8) is 0 Å². The van der Waals surface area contributed by atoms with Crippen molar-refractivity contribution in [1.82, 2.24) is 25.7 Å². The van der Waals surface area contributed by atoms with E-state index in [1.54, 1.807) is 12.4 Å². The van der Waals surface area contributed by atoms with Crippen LogP contribution in [0.3, 0.4) is 0 Å². The average molecular weight is 289 g/mol. The summed E-state index contributed by atoms with van der Waals surface area (Å²) in [5, 5.41) is 0. The van der Waals surface area contributed by atoms with Crippen LogP contribution in [-0.4, -0.2) is 46.5 Å². The molecule has 3 rings (SSSR count). The first-order chi connectivity index (χ1) is 10.1. The zero-order valence-corrected chi connectivity index (χ0v) is 12.7. The summed E-state index contributed by atoms with van der Waals surface area (Å²) in [6.45, 7) is 7.13. The zero-order valence-electron chi connectivity index (χ0n) is 12.7. The maximum atomic E-state index is 12.6. The van der Waals surface area contributed by atoms with E-state index in [-0.39, 0.29) is 11.3 Å². The Morgan fingerprint density at radius 1 is 1.43 bits per heavy atom. The summed E-state index contributed by atoms with van der Waals surface area (Å²) in [7, 11) is 0. The van der Waals surface area contributed by atoms with Crippen LogP contribution in [0.25, 0.3) is 0 Å². The molecule has 6 nitrogen and oxygen atoms in total. The summed E-state index contributed by atoms with van der Waals surface area (Å²) in [5.74, 6) is 0.616. The van der Waals surface area contributed by atoms with Crippen LogP contribution < -0.4 is 10.9 Å². The van der Waals surface area contributed by atoms with Crippen LogP contribution in [0.15, 0.2) is 18.7 Å². The van der Waals surface area contributed by atoms with Crippen LogP contribution in [-0.2, 0) is 0 Å². The van der Waals surface area contributed by atoms with Crippen molar-refractivity contribution >= 4 is 5.91 Å². The lowest BCUT2D eigenvalue weighted by Gasteiger charge is -2.45. The lowest BCUT2D eigenvalue weighted by Crippen LogP contribution is -2.54. The van der Waals surface area contributed by atoms with Gasteiger partial charge in [0.25, 0.3) is 5.91 Å². The molecule has 6 heteroatoms. The summed E-state index contributed by atoms with van der Waals surface area (Å²) in [6, 6.07) is 0.403. The molecule has 2 fully saturated rings. The van der Waals surface area contributed by atoms with Gasteiger partial charge in [-0.2, -0.15) is 0 Å². The molecule has 3 atom stereocenters. The monoisotopic (exact) mass is 289 g/mol. The van der Waals surface area contributed by atoms with Crippen molar-refractivity contribution in [3.8, 4) is 0 Å². The van der Waals surface area contributed by atoms with E-state index in [0.29, 0.717) is 17.5 Å². The maximum Gasteiger partial charge on any atom is 0.257 e. The number of hydrazine groups is 1. The molecule has 0 radical (unpaired) electrons. The quantitative estimate of drug-likeness (QED) is 0.844. The summed E-state index contributed by atoms with van der Waals surface area (Å²) in [6.07, 6.45) is 6.83. The number of amides is 1. The van der Waals surface area contributed by atoms with Crippen molar-refractivity contribution in [2.75, 3.05) is 19.6 Å². The molecule has 0 aliphatic carbocycles. The zero-order chi connectivity index (χ0) is 14.9. The van der Waals surface area contributed by atoms with Gasteiger partial charge in [0, 0.05) is 43.5 Å². The highest BCUT2D eigenvalue weighted by molar-refractivity contribution is 5.93. The van der Waals surface area contributed by atoms with E-state index in [1.807, 2.05) is 4.90 Å². The number of likely N-dealkylation sites (tertiary alicyclic amines) is 1. The first-order valence-electron chi connectivity index (χ1n) is 7.63. The lowest BCUT2D eigenvalue weighted by molar-refractivity contribution is 0.0415. The Kier molecular flexibility index (Phi) is 3.91. The second kappa shape index (κ2) is 5.69. The van der Waals surface area contributed by atoms with Crippen LogP contribution in [0.2, 0.25) is 0 Å². The molecule has 2 N–H and O–H groups in total. The third-order valence-corrected chi connectivity index (χ3v) is 4.82. The predicted octanol–water partition coefficient (Wildman–Crippen LogP) is 0.831. The van der Waals surface area contributed by atoms with Gasteiger partial charge in [-0.3, -0.25) is 15.6 Å². The minimum Gasteiger partial charge on any atom is -0.338 e. The molecule has 3 unspecified atom stereocenters. The third kappa shape index (κ3) is 2.78. The molecule has 21 heavy (non-hydrogen) atoms. The number of piperidine rings is 1. The fraction of sp³-hybridized carbons (Fsp3) is 0.667. The first kappa shape index (κ1) is 14.4. The van der Waals surface area contributed by atoms with Gasteiger partial charge in [-0.1, -0.05) is 13.8 Å². The van der Waals surface area contributed by atoms with Crippen LogP contribution in [0.5, 0.6) is 0 Å². The Morgan fingerprint density at radius 3 is 2.86 bits per heavy atom. The lowest BCUT2D eigenvalue weighted by atomic mass is 9.72. The summed E-state index contributed by atoms with van der Waals surface area (Å²) in [5.41, 5.74) is 7.33. The molecular weight excluding hydrogens is 266 g/mol. The van der Waals surface area contributed by atoms with E-state index >= 15 is 0 Å². The molecule has 2 saturated heterocycles. The average Bonchev–Trinajstić information content (AvgIpc) is 2.94. The van der Waals surface area contributed by atoms with Crippen molar-refractivity contribution in [2.45, 2.75) is 32.7 Å². The molecule has 3 heterocycles. The molecule has 0 bridgehead atoms. The predicted molar refractivity (Wildman–Crippen MR) is 79.4 cm³/mol. The highest BCUT2D eigenvalue weighted by Gasteiger charge is 2.43. The number of carbonyl (C=O) groups is 1. The highest BCUT2D eigenvalue weighted by atomic mass is 16.2. The number of nitrogens with zero attached hydrogens (tertiary/aromatic N) is 3. The van der Waals surface area contributed by atoms with Gasteiger partial charge in [0.1, 0.15) is 6.33 Å². The van der Waals surface area contributed by atoms with Gasteiger partial charge >= 0.3 is 0 Å². The normalized spacial score (nSPS) is 33.1. The van der Waals surface area contributed by atoms with Gasteiger partial charge in [0.15, 0.2) is 0 Å². The van der Waals surface area contributed by atoms with Gasteiger partial charge in [-0.15, -0.1) is 0 Å². The number of hydrogen-bond donors (Lipinski definition) is 2. The standard InChI is InChI=1S/C15H23N5O/c1-11-6-18-19-13(11)15(2)4-3-5-20(9-15)14(21)12-7-16-10-17-8-12/h7-8,10-11,13,18-19H,3-6,9H2,1-2H3. The molecule has 1 aromatic heterocycles. The number of carbonyl (C=O) groups excluding carboxylic acids is 1. The number of aromatic nitrogens is 2. The molecule has 114 valence electrons. The van der Waals surface area contributed by atoms with E-state index in [1.165, 1.54) is 6.33 Å². The van der Waals surface area contributed by atoms with E-state index in [2.05, 4.69) is 34.7 Å². The van der Waals surface area contributed by atoms with Gasteiger partial charge in [-0.25, -0.2) is 9.97 Å². The van der Waals surface area contributed by atoms with Gasteiger partial charge < -0.3 is 4.90 Å². The van der Waals surface area contributed by atoms with Gasteiger partial charge in [0.2, 0.25) is 0 Å². The molecule has 1 aromatic rings. The largest absolute Gasteiger partial charge is 0.338 e. The number of hydrogen-bond acceptors (Lipinski definition) is 5. The topological polar surface area (TPSA) is 70.2 Å². The molecule has 2 aliphatic rings. The fourth-order valence-corrected chi connectivity index (χ4v) is 3.74.